The van der Waals surface area contributed by atoms with Gasteiger partial charge in [0.2, 0.25) is 17.7 Å². The zero-order valence-corrected chi connectivity index (χ0v) is 21.7. The van der Waals surface area contributed by atoms with E-state index in [1.165, 1.54) is 64.2 Å². The van der Waals surface area contributed by atoms with Gasteiger partial charge in [-0.1, -0.05) is 97.8 Å². The number of nitrogens with one attached hydrogen (secondary N) is 2. The molecule has 0 saturated carbocycles. The van der Waals surface area contributed by atoms with Gasteiger partial charge in [-0.15, -0.1) is 0 Å². The minimum absolute atomic E-state index is 0.0892. The highest BCUT2D eigenvalue weighted by Crippen LogP contribution is 2.13. The van der Waals surface area contributed by atoms with Crippen LogP contribution in [0.1, 0.15) is 124 Å². The summed E-state index contributed by atoms with van der Waals surface area (Å²) in [6.45, 7) is 5.81. The third-order valence-corrected chi connectivity index (χ3v) is 6.07. The molecule has 0 radical (unpaired) electrons. The Morgan fingerprint density at radius 2 is 1.21 bits per heavy atom. The molecule has 3 amide bonds. The van der Waals surface area contributed by atoms with Crippen molar-refractivity contribution in [2.24, 2.45) is 11.7 Å². The molecule has 0 aromatic rings. The molecule has 0 aliphatic rings. The smallest absolute Gasteiger partial charge is 0.326 e. The van der Waals surface area contributed by atoms with Crippen LogP contribution in [0.4, 0.5) is 0 Å². The van der Waals surface area contributed by atoms with E-state index >= 15 is 0 Å². The van der Waals surface area contributed by atoms with Gasteiger partial charge in [0.25, 0.3) is 0 Å². The summed E-state index contributed by atoms with van der Waals surface area (Å²) in [6.07, 6.45) is 16.1. The van der Waals surface area contributed by atoms with Gasteiger partial charge in [0.05, 0.1) is 0 Å². The normalized spacial score (nSPS) is 12.8. The van der Waals surface area contributed by atoms with Crippen molar-refractivity contribution >= 4 is 23.7 Å². The van der Waals surface area contributed by atoms with Gasteiger partial charge in [0.1, 0.15) is 12.1 Å². The van der Waals surface area contributed by atoms with Gasteiger partial charge < -0.3 is 21.5 Å². The lowest BCUT2D eigenvalue weighted by molar-refractivity contribution is -0.142. The van der Waals surface area contributed by atoms with Gasteiger partial charge in [0, 0.05) is 12.8 Å². The van der Waals surface area contributed by atoms with Crippen molar-refractivity contribution in [1.82, 2.24) is 10.6 Å². The molecule has 2 atom stereocenters. The maximum atomic E-state index is 12.6. The Kier molecular flexibility index (Phi) is 19.0. The first-order valence-corrected chi connectivity index (χ1v) is 13.3. The summed E-state index contributed by atoms with van der Waals surface area (Å²) in [4.78, 5) is 47.2. The van der Waals surface area contributed by atoms with Crippen LogP contribution in [0.25, 0.3) is 0 Å². The Hall–Kier alpha value is -2.12. The van der Waals surface area contributed by atoms with Gasteiger partial charge in [-0.05, 0) is 18.8 Å². The highest BCUT2D eigenvalue weighted by molar-refractivity contribution is 5.90. The van der Waals surface area contributed by atoms with Crippen LogP contribution in [0.15, 0.2) is 0 Å². The van der Waals surface area contributed by atoms with E-state index in [0.717, 1.165) is 19.3 Å². The zero-order valence-electron chi connectivity index (χ0n) is 21.7. The molecular weight excluding hydrogens is 434 g/mol. The number of amides is 3. The lowest BCUT2D eigenvalue weighted by atomic mass is 10.0. The average molecular weight is 484 g/mol. The molecule has 5 N–H and O–H groups in total. The Morgan fingerprint density at radius 3 is 1.62 bits per heavy atom. The summed E-state index contributed by atoms with van der Waals surface area (Å²) in [5.41, 5.74) is 5.07. The van der Waals surface area contributed by atoms with Gasteiger partial charge in [-0.2, -0.15) is 0 Å². The van der Waals surface area contributed by atoms with Crippen LogP contribution in [0, 0.1) is 5.92 Å². The first-order chi connectivity index (χ1) is 16.2. The monoisotopic (exact) mass is 483 g/mol. The maximum absolute atomic E-state index is 12.6. The lowest BCUT2D eigenvalue weighted by Gasteiger charge is -2.24. The van der Waals surface area contributed by atoms with Gasteiger partial charge in [0.15, 0.2) is 0 Å². The summed E-state index contributed by atoms with van der Waals surface area (Å²) >= 11 is 0. The summed E-state index contributed by atoms with van der Waals surface area (Å²) < 4.78 is 0. The van der Waals surface area contributed by atoms with E-state index in [0.29, 0.717) is 6.42 Å². The highest BCUT2D eigenvalue weighted by atomic mass is 16.4. The van der Waals surface area contributed by atoms with E-state index in [4.69, 9.17) is 5.73 Å². The standard InChI is InChI=1S/C26H49N3O5/c1-4-5-6-7-8-9-10-11-12-13-14-15-16-17-23(31)29-24(20(2)3)25(32)28-21(26(33)34)18-19-22(27)30/h20-21,24H,4-19H2,1-3H3,(H2,27,30)(H,28,32)(H,29,31)(H,33,34)/t21-,24-/m0/s1. The van der Waals surface area contributed by atoms with E-state index in [9.17, 15) is 24.3 Å². The van der Waals surface area contributed by atoms with Crippen molar-refractivity contribution in [3.63, 3.8) is 0 Å². The summed E-state index contributed by atoms with van der Waals surface area (Å²) in [5.74, 6) is -2.85. The number of carboxylic acid groups (broad SMARTS) is 1. The average Bonchev–Trinajstić information content (AvgIpc) is 2.77. The first kappa shape index (κ1) is 31.9. The minimum atomic E-state index is -1.24. The van der Waals surface area contributed by atoms with Crippen LogP contribution in [0.5, 0.6) is 0 Å². The molecule has 198 valence electrons. The molecule has 34 heavy (non-hydrogen) atoms. The SMILES string of the molecule is CCCCCCCCCCCCCCCC(=O)N[C@H](C(=O)N[C@@H](CCC(N)=O)C(=O)O)C(C)C. The van der Waals surface area contributed by atoms with E-state index in [1.807, 2.05) is 0 Å². The second-order valence-electron chi connectivity index (χ2n) is 9.69. The number of primary amides is 1. The molecule has 0 aromatic carbocycles. The number of hydrogen-bond donors (Lipinski definition) is 4. The number of hydrogen-bond acceptors (Lipinski definition) is 4. The molecule has 0 aliphatic heterocycles. The Balaban J connectivity index is 4.08. The fourth-order valence-electron chi connectivity index (χ4n) is 3.89. The van der Waals surface area contributed by atoms with E-state index in [1.54, 1.807) is 13.8 Å². The van der Waals surface area contributed by atoms with E-state index in [2.05, 4.69) is 17.6 Å². The number of carboxylic acids is 1. The summed E-state index contributed by atoms with van der Waals surface area (Å²) in [5, 5.41) is 14.4. The summed E-state index contributed by atoms with van der Waals surface area (Å²) in [6, 6.07) is -2.05. The Morgan fingerprint density at radius 1 is 0.735 bits per heavy atom. The molecule has 0 rings (SSSR count). The molecule has 0 saturated heterocycles. The van der Waals surface area contributed by atoms with Crippen molar-refractivity contribution in [2.45, 2.75) is 136 Å². The predicted molar refractivity (Wildman–Crippen MR) is 135 cm³/mol. The predicted octanol–water partition coefficient (Wildman–Crippen LogP) is 4.44. The molecular formula is C26H49N3O5. The van der Waals surface area contributed by atoms with Crippen LogP contribution in [0.3, 0.4) is 0 Å². The maximum Gasteiger partial charge on any atom is 0.326 e. The Bertz CT molecular complexity index is 595. The number of carbonyl (C=O) groups is 4. The second-order valence-corrected chi connectivity index (χ2v) is 9.69. The quantitative estimate of drug-likeness (QED) is 0.169. The zero-order chi connectivity index (χ0) is 25.8. The fraction of sp³-hybridized carbons (Fsp3) is 0.846. The topological polar surface area (TPSA) is 139 Å². The van der Waals surface area contributed by atoms with Crippen LogP contribution < -0.4 is 16.4 Å². The van der Waals surface area contributed by atoms with Crippen molar-refractivity contribution in [1.29, 1.82) is 0 Å². The molecule has 8 heteroatoms. The van der Waals surface area contributed by atoms with Gasteiger partial charge >= 0.3 is 5.97 Å². The molecule has 0 aliphatic carbocycles. The number of unbranched alkanes of at least 4 members (excludes halogenated alkanes) is 12. The molecule has 0 spiro atoms. The fourth-order valence-corrected chi connectivity index (χ4v) is 3.89. The minimum Gasteiger partial charge on any atom is -0.480 e. The molecule has 0 aromatic heterocycles. The van der Waals surface area contributed by atoms with Crippen LogP contribution in [-0.2, 0) is 19.2 Å². The van der Waals surface area contributed by atoms with Crippen molar-refractivity contribution in [2.75, 3.05) is 0 Å². The first-order valence-electron chi connectivity index (χ1n) is 13.3. The number of rotatable bonds is 22. The third-order valence-electron chi connectivity index (χ3n) is 6.07. The second kappa shape index (κ2) is 20.3. The number of aliphatic carboxylic acids is 1. The molecule has 0 heterocycles. The molecule has 0 unspecified atom stereocenters. The van der Waals surface area contributed by atoms with Crippen molar-refractivity contribution < 1.29 is 24.3 Å². The van der Waals surface area contributed by atoms with Gasteiger partial charge in [-0.25, -0.2) is 4.79 Å². The Labute approximate surface area is 206 Å². The number of nitrogens with two attached hydrogens (primary N) is 1. The largest absolute Gasteiger partial charge is 0.480 e. The van der Waals surface area contributed by atoms with Crippen LogP contribution in [0.2, 0.25) is 0 Å². The summed E-state index contributed by atoms with van der Waals surface area (Å²) in [7, 11) is 0. The van der Waals surface area contributed by atoms with Crippen molar-refractivity contribution in [3.05, 3.63) is 0 Å². The van der Waals surface area contributed by atoms with Crippen LogP contribution in [-0.4, -0.2) is 40.9 Å². The highest BCUT2D eigenvalue weighted by Gasteiger charge is 2.28. The van der Waals surface area contributed by atoms with E-state index in [-0.39, 0.29) is 24.7 Å². The third kappa shape index (κ3) is 17.4. The molecule has 0 bridgehead atoms. The molecule has 0 fully saturated rings. The lowest BCUT2D eigenvalue weighted by Crippen LogP contribution is -2.53. The van der Waals surface area contributed by atoms with Crippen LogP contribution >= 0.6 is 0 Å². The number of carbonyl (C=O) groups excluding carboxylic acids is 3. The van der Waals surface area contributed by atoms with E-state index < -0.39 is 29.9 Å². The molecule has 8 nitrogen and oxygen atoms in total. The van der Waals surface area contributed by atoms with Gasteiger partial charge in [-0.3, -0.25) is 14.4 Å². The van der Waals surface area contributed by atoms with Crippen molar-refractivity contribution in [3.8, 4) is 0 Å².